The first-order valence-electron chi connectivity index (χ1n) is 6.52. The van der Waals surface area contributed by atoms with Crippen LogP contribution in [0.3, 0.4) is 0 Å². The van der Waals surface area contributed by atoms with E-state index in [9.17, 15) is 0 Å². The summed E-state index contributed by atoms with van der Waals surface area (Å²) in [6.07, 6.45) is 6.18. The summed E-state index contributed by atoms with van der Waals surface area (Å²) >= 11 is 1.57. The van der Waals surface area contributed by atoms with Crippen molar-refractivity contribution in [1.29, 1.82) is 0 Å². The van der Waals surface area contributed by atoms with Crippen LogP contribution in [0.1, 0.15) is 26.1 Å². The molecule has 3 aromatic heterocycles. The highest BCUT2D eigenvalue weighted by Crippen LogP contribution is 2.24. The van der Waals surface area contributed by atoms with Gasteiger partial charge in [0.05, 0.1) is 0 Å². The highest BCUT2D eigenvalue weighted by Gasteiger charge is 2.12. The molecule has 0 aliphatic carbocycles. The second-order valence-corrected chi connectivity index (χ2v) is 5.35. The molecule has 0 fully saturated rings. The van der Waals surface area contributed by atoms with Gasteiger partial charge in [-0.1, -0.05) is 25.2 Å². The van der Waals surface area contributed by atoms with Gasteiger partial charge in [0.15, 0.2) is 18.2 Å². The van der Waals surface area contributed by atoms with E-state index < -0.39 is 0 Å². The molecule has 0 atom stereocenters. The van der Waals surface area contributed by atoms with Crippen molar-refractivity contribution < 1.29 is 4.57 Å². The maximum Gasteiger partial charge on any atom is 0.234 e. The number of aromatic nitrogens is 5. The molecule has 0 aromatic carbocycles. The number of hydrogen-bond donors (Lipinski definition) is 0. The van der Waals surface area contributed by atoms with Gasteiger partial charge in [0.25, 0.3) is 0 Å². The maximum atomic E-state index is 4.59. The van der Waals surface area contributed by atoms with Gasteiger partial charge in [0.1, 0.15) is 11.6 Å². The average molecular weight is 274 g/mol. The van der Waals surface area contributed by atoms with Gasteiger partial charge in [0, 0.05) is 30.5 Å². The minimum Gasteiger partial charge on any atom is -0.205 e. The van der Waals surface area contributed by atoms with Crippen molar-refractivity contribution in [2.45, 2.75) is 33.2 Å². The topological polar surface area (TPSA) is 47.0 Å². The van der Waals surface area contributed by atoms with Crippen molar-refractivity contribution >= 4 is 16.3 Å². The van der Waals surface area contributed by atoms with Crippen molar-refractivity contribution in [2.24, 2.45) is 0 Å². The van der Waals surface area contributed by atoms with E-state index in [2.05, 4.69) is 58.2 Å². The van der Waals surface area contributed by atoms with Crippen LogP contribution < -0.4 is 4.57 Å². The lowest BCUT2D eigenvalue weighted by molar-refractivity contribution is -0.696. The summed E-state index contributed by atoms with van der Waals surface area (Å²) in [5.41, 5.74) is 1.13. The lowest BCUT2D eigenvalue weighted by Gasteiger charge is -1.95. The fourth-order valence-electron chi connectivity index (χ4n) is 2.00. The van der Waals surface area contributed by atoms with Crippen LogP contribution in [0.25, 0.3) is 15.5 Å². The monoisotopic (exact) mass is 274 g/mol. The molecule has 0 saturated carbocycles. The predicted molar refractivity (Wildman–Crippen MR) is 74.0 cm³/mol. The van der Waals surface area contributed by atoms with Gasteiger partial charge in [-0.05, 0) is 0 Å². The summed E-state index contributed by atoms with van der Waals surface area (Å²) in [5, 5.41) is 13.8. The van der Waals surface area contributed by atoms with E-state index in [0.29, 0.717) is 0 Å². The quantitative estimate of drug-likeness (QED) is 0.685. The molecular weight excluding hydrogens is 258 g/mol. The fraction of sp³-hybridized carbons (Fsp3) is 0.385. The molecule has 0 bridgehead atoms. The minimum atomic E-state index is 0.843. The van der Waals surface area contributed by atoms with Gasteiger partial charge in [-0.15, -0.1) is 10.2 Å². The number of hydrogen-bond acceptors (Lipinski definition) is 4. The summed E-state index contributed by atoms with van der Waals surface area (Å²) in [4.78, 5) is 0.858. The number of nitrogens with zero attached hydrogens (tertiary/aromatic N) is 5. The molecule has 3 rings (SSSR count). The number of aryl methyl sites for hydroxylation is 2. The molecule has 0 amide bonds. The number of pyridine rings is 1. The number of rotatable bonds is 4. The molecule has 6 heteroatoms. The first-order valence-corrected chi connectivity index (χ1v) is 7.34. The molecule has 0 aliphatic heterocycles. The van der Waals surface area contributed by atoms with Crippen molar-refractivity contribution in [3.05, 3.63) is 30.4 Å². The van der Waals surface area contributed by atoms with E-state index in [1.165, 1.54) is 0 Å². The summed E-state index contributed by atoms with van der Waals surface area (Å²) in [6, 6.07) is 4.21. The van der Waals surface area contributed by atoms with Crippen molar-refractivity contribution in [3.63, 3.8) is 0 Å². The SMILES string of the molecule is CCC[n+]1ccc(-c2nn3c(CC)nnc3s2)cc1. The molecule has 19 heavy (non-hydrogen) atoms. The van der Waals surface area contributed by atoms with Crippen LogP contribution in [0.5, 0.6) is 0 Å². The largest absolute Gasteiger partial charge is 0.234 e. The molecule has 0 spiro atoms. The zero-order chi connectivity index (χ0) is 13.2. The van der Waals surface area contributed by atoms with E-state index in [1.807, 2.05) is 4.52 Å². The Kier molecular flexibility index (Phi) is 3.25. The van der Waals surface area contributed by atoms with Crippen molar-refractivity contribution in [3.8, 4) is 10.6 Å². The van der Waals surface area contributed by atoms with Gasteiger partial charge in [-0.25, -0.2) is 4.57 Å². The molecule has 3 heterocycles. The summed E-state index contributed by atoms with van der Waals surface area (Å²) in [5.74, 6) is 0.912. The van der Waals surface area contributed by atoms with Crippen LogP contribution in [0.15, 0.2) is 24.5 Å². The van der Waals surface area contributed by atoms with Gasteiger partial charge >= 0.3 is 0 Å². The molecule has 0 saturated heterocycles. The highest BCUT2D eigenvalue weighted by molar-refractivity contribution is 7.19. The first kappa shape index (κ1) is 12.2. The third kappa shape index (κ3) is 2.23. The van der Waals surface area contributed by atoms with E-state index in [0.717, 1.165) is 40.7 Å². The molecule has 3 aromatic rings. The van der Waals surface area contributed by atoms with E-state index in [1.54, 1.807) is 11.3 Å². The average Bonchev–Trinajstić information content (AvgIpc) is 2.99. The third-order valence-corrected chi connectivity index (χ3v) is 3.94. The van der Waals surface area contributed by atoms with Crippen LogP contribution in [-0.4, -0.2) is 19.8 Å². The molecular formula is C13H16N5S+. The van der Waals surface area contributed by atoms with Crippen molar-refractivity contribution in [1.82, 2.24) is 19.8 Å². The van der Waals surface area contributed by atoms with E-state index in [4.69, 9.17) is 0 Å². The Morgan fingerprint density at radius 2 is 2.00 bits per heavy atom. The van der Waals surface area contributed by atoms with E-state index in [-0.39, 0.29) is 0 Å². The first-order chi connectivity index (χ1) is 9.31. The Morgan fingerprint density at radius 3 is 2.68 bits per heavy atom. The van der Waals surface area contributed by atoms with Crippen molar-refractivity contribution in [2.75, 3.05) is 0 Å². The second-order valence-electron chi connectivity index (χ2n) is 4.40. The molecule has 98 valence electrons. The van der Waals surface area contributed by atoms with Gasteiger partial charge in [-0.3, -0.25) is 0 Å². The van der Waals surface area contributed by atoms with E-state index >= 15 is 0 Å². The summed E-state index contributed by atoms with van der Waals surface area (Å²) in [6.45, 7) is 5.28. The Hall–Kier alpha value is -1.82. The Bertz CT molecular complexity index is 683. The standard InChI is InChI=1S/C13H16N5S/c1-3-7-17-8-5-10(6-9-17)12-16-18-11(4-2)14-15-13(18)19-12/h5-6,8-9H,3-4,7H2,1-2H3/q+1. The van der Waals surface area contributed by atoms with Crippen LogP contribution in [0.4, 0.5) is 0 Å². The normalized spacial score (nSPS) is 11.3. The van der Waals surface area contributed by atoms with Crippen LogP contribution >= 0.6 is 11.3 Å². The van der Waals surface area contributed by atoms with Crippen LogP contribution in [0, 0.1) is 0 Å². The van der Waals surface area contributed by atoms with Gasteiger partial charge < -0.3 is 0 Å². The number of fused-ring (bicyclic) bond motifs is 1. The zero-order valence-electron chi connectivity index (χ0n) is 11.1. The second kappa shape index (κ2) is 5.05. The third-order valence-electron chi connectivity index (χ3n) is 2.99. The summed E-state index contributed by atoms with van der Waals surface area (Å²) in [7, 11) is 0. The van der Waals surface area contributed by atoms with Crippen LogP contribution in [0.2, 0.25) is 0 Å². The predicted octanol–water partition coefficient (Wildman–Crippen LogP) is 2.11. The lowest BCUT2D eigenvalue weighted by atomic mass is 10.3. The molecule has 0 radical (unpaired) electrons. The van der Waals surface area contributed by atoms with Gasteiger partial charge in [0.2, 0.25) is 4.96 Å². The minimum absolute atomic E-state index is 0.843. The Labute approximate surface area is 115 Å². The molecule has 0 unspecified atom stereocenters. The molecule has 0 aliphatic rings. The zero-order valence-corrected chi connectivity index (χ0v) is 11.9. The summed E-state index contributed by atoms with van der Waals surface area (Å²) < 4.78 is 4.02. The smallest absolute Gasteiger partial charge is 0.205 e. The lowest BCUT2D eigenvalue weighted by Crippen LogP contribution is -2.31. The molecule has 5 nitrogen and oxygen atoms in total. The molecule has 0 N–H and O–H groups in total. The fourth-order valence-corrected chi connectivity index (χ4v) is 2.87. The van der Waals surface area contributed by atoms with Crippen LogP contribution in [-0.2, 0) is 13.0 Å². The van der Waals surface area contributed by atoms with Gasteiger partial charge in [-0.2, -0.15) is 9.61 Å². The Morgan fingerprint density at radius 1 is 1.21 bits per heavy atom. The Balaban J connectivity index is 1.96. The highest BCUT2D eigenvalue weighted by atomic mass is 32.1. The maximum absolute atomic E-state index is 4.59.